The van der Waals surface area contributed by atoms with E-state index in [9.17, 15) is 4.79 Å². The average molecular weight is 492 g/mol. The number of ether oxygens (including phenoxy) is 1. The maximum Gasteiger partial charge on any atom is 0.346 e. The third kappa shape index (κ3) is 6.04. The molecule has 0 bridgehead atoms. The minimum Gasteiger partial charge on any atom is -0.481 e. The van der Waals surface area contributed by atoms with Crippen LogP contribution in [0.5, 0.6) is 5.88 Å². The van der Waals surface area contributed by atoms with Gasteiger partial charge in [-0.05, 0) is 42.0 Å². The second-order valence-corrected chi connectivity index (χ2v) is 8.28. The maximum absolute atomic E-state index is 12.9. The van der Waals surface area contributed by atoms with Crippen molar-refractivity contribution < 1.29 is 14.4 Å². The number of methoxy groups -OCH3 is 1. The van der Waals surface area contributed by atoms with Gasteiger partial charge in [-0.25, -0.2) is 14.8 Å². The van der Waals surface area contributed by atoms with Gasteiger partial charge in [-0.15, -0.1) is 0 Å². The Kier molecular flexibility index (Phi) is 7.25. The predicted octanol–water partition coefficient (Wildman–Crippen LogP) is 5.54. The molecule has 2 N–H and O–H groups in total. The molecule has 2 aromatic carbocycles. The van der Waals surface area contributed by atoms with Crippen molar-refractivity contribution in [3.63, 3.8) is 0 Å². The number of nitrogens with zero attached hydrogens (tertiary/aromatic N) is 3. The van der Waals surface area contributed by atoms with Crippen LogP contribution in [0.15, 0.2) is 91.3 Å². The molecule has 2 amide bonds. The molecule has 37 heavy (non-hydrogen) atoms. The van der Waals surface area contributed by atoms with Crippen molar-refractivity contribution in [2.24, 2.45) is 0 Å². The summed E-state index contributed by atoms with van der Waals surface area (Å²) in [5.74, 6) is 7.47. The monoisotopic (exact) mass is 491 g/mol. The highest BCUT2D eigenvalue weighted by atomic mass is 16.7. The molecule has 0 saturated carbocycles. The minimum absolute atomic E-state index is 0.116. The Labute approximate surface area is 215 Å². The van der Waals surface area contributed by atoms with E-state index in [4.69, 9.17) is 9.57 Å². The Morgan fingerprint density at radius 2 is 1.81 bits per heavy atom. The predicted molar refractivity (Wildman–Crippen MR) is 141 cm³/mol. The summed E-state index contributed by atoms with van der Waals surface area (Å²) in [6.45, 7) is 0.498. The zero-order valence-corrected chi connectivity index (χ0v) is 20.2. The van der Waals surface area contributed by atoms with E-state index in [0.29, 0.717) is 24.0 Å². The van der Waals surface area contributed by atoms with Crippen LogP contribution < -0.4 is 15.4 Å². The van der Waals surface area contributed by atoms with Gasteiger partial charge < -0.3 is 15.4 Å². The van der Waals surface area contributed by atoms with Crippen LogP contribution in [0.1, 0.15) is 29.2 Å². The van der Waals surface area contributed by atoms with Gasteiger partial charge in [0.1, 0.15) is 5.82 Å². The van der Waals surface area contributed by atoms with Crippen molar-refractivity contribution in [3.8, 4) is 17.7 Å². The smallest absolute Gasteiger partial charge is 0.346 e. The van der Waals surface area contributed by atoms with Gasteiger partial charge in [-0.3, -0.25) is 4.84 Å². The number of anilines is 3. The molecular formula is C29H25N5O3. The van der Waals surface area contributed by atoms with Crippen LogP contribution in [0.2, 0.25) is 0 Å². The number of nitrogens with one attached hydrogen (secondary N) is 2. The van der Waals surface area contributed by atoms with Crippen LogP contribution in [-0.2, 0) is 4.84 Å². The van der Waals surface area contributed by atoms with Crippen LogP contribution in [0.3, 0.4) is 0 Å². The lowest BCUT2D eigenvalue weighted by Gasteiger charge is -2.23. The molecule has 4 aromatic rings. The lowest BCUT2D eigenvalue weighted by Crippen LogP contribution is -2.33. The van der Waals surface area contributed by atoms with Crippen molar-refractivity contribution in [2.75, 3.05) is 24.4 Å². The summed E-state index contributed by atoms with van der Waals surface area (Å²) in [4.78, 5) is 27.1. The van der Waals surface area contributed by atoms with Gasteiger partial charge >= 0.3 is 6.03 Å². The molecule has 1 atom stereocenters. The summed E-state index contributed by atoms with van der Waals surface area (Å²) in [5, 5.41) is 7.52. The third-order valence-corrected chi connectivity index (χ3v) is 5.74. The molecule has 1 fully saturated rings. The molecule has 0 aliphatic carbocycles. The number of rotatable bonds is 5. The summed E-state index contributed by atoms with van der Waals surface area (Å²) < 4.78 is 5.07. The van der Waals surface area contributed by atoms with Crippen LogP contribution in [0.4, 0.5) is 22.0 Å². The molecule has 8 heteroatoms. The van der Waals surface area contributed by atoms with Crippen LogP contribution in [0, 0.1) is 11.8 Å². The highest BCUT2D eigenvalue weighted by Crippen LogP contribution is 2.30. The number of benzene rings is 2. The van der Waals surface area contributed by atoms with Crippen LogP contribution >= 0.6 is 0 Å². The fourth-order valence-corrected chi connectivity index (χ4v) is 3.91. The van der Waals surface area contributed by atoms with Crippen molar-refractivity contribution in [3.05, 3.63) is 108 Å². The standard InChI is InChI=1S/C29H25N5O3/c1-36-28-15-13-25(20-31-28)32-27-14-12-22(19-30-27)11-10-21-6-5-9-24(18-21)33-29(35)34-26(16-17-37-34)23-7-3-2-4-8-23/h2-9,12-15,18-20,26H,16-17H2,1H3,(H,30,32)(H,33,35)/t26-/m0/s1. The van der Waals surface area contributed by atoms with E-state index in [1.807, 2.05) is 72.8 Å². The number of hydrogen-bond acceptors (Lipinski definition) is 6. The Morgan fingerprint density at radius 3 is 2.57 bits per heavy atom. The van der Waals surface area contributed by atoms with Crippen molar-refractivity contribution >= 4 is 23.2 Å². The average Bonchev–Trinajstić information content (AvgIpc) is 3.44. The normalized spacial score (nSPS) is 14.4. The lowest BCUT2D eigenvalue weighted by atomic mass is 10.1. The number of urea groups is 1. The number of amides is 2. The van der Waals surface area contributed by atoms with E-state index in [1.54, 1.807) is 25.6 Å². The summed E-state index contributed by atoms with van der Waals surface area (Å²) in [6.07, 6.45) is 4.13. The van der Waals surface area contributed by atoms with E-state index in [1.165, 1.54) is 5.06 Å². The molecule has 0 unspecified atom stereocenters. The highest BCUT2D eigenvalue weighted by molar-refractivity contribution is 5.89. The largest absolute Gasteiger partial charge is 0.481 e. The first-order valence-corrected chi connectivity index (χ1v) is 11.8. The Morgan fingerprint density at radius 1 is 0.946 bits per heavy atom. The first-order valence-electron chi connectivity index (χ1n) is 11.8. The van der Waals surface area contributed by atoms with E-state index >= 15 is 0 Å². The van der Waals surface area contributed by atoms with E-state index in [2.05, 4.69) is 32.4 Å². The number of hydrogen-bond donors (Lipinski definition) is 2. The molecular weight excluding hydrogens is 466 g/mol. The molecule has 0 spiro atoms. The number of pyridine rings is 2. The first kappa shape index (κ1) is 23.9. The Balaban J connectivity index is 1.21. The number of hydroxylamine groups is 2. The number of carbonyl (C=O) groups excluding carboxylic acids is 1. The van der Waals surface area contributed by atoms with Crippen LogP contribution in [-0.4, -0.2) is 34.8 Å². The fraction of sp³-hybridized carbons (Fsp3) is 0.138. The SMILES string of the molecule is COc1ccc(Nc2ccc(C#Cc3cccc(NC(=O)N4OCC[C@H]4c4ccccc4)c3)cn2)cn1. The second-order valence-electron chi connectivity index (χ2n) is 8.28. The Bertz CT molecular complexity index is 1410. The van der Waals surface area contributed by atoms with Gasteiger partial charge in [0.2, 0.25) is 5.88 Å². The highest BCUT2D eigenvalue weighted by Gasteiger charge is 2.31. The molecule has 184 valence electrons. The van der Waals surface area contributed by atoms with Crippen molar-refractivity contribution in [2.45, 2.75) is 12.5 Å². The van der Waals surface area contributed by atoms with E-state index < -0.39 is 0 Å². The summed E-state index contributed by atoms with van der Waals surface area (Å²) in [6, 6.07) is 24.2. The topological polar surface area (TPSA) is 88.6 Å². The zero-order chi connectivity index (χ0) is 25.5. The summed E-state index contributed by atoms with van der Waals surface area (Å²) in [5.41, 5.74) is 4.03. The number of carbonyl (C=O) groups is 1. The van der Waals surface area contributed by atoms with Crippen molar-refractivity contribution in [1.82, 2.24) is 15.0 Å². The molecule has 3 heterocycles. The van der Waals surface area contributed by atoms with Gasteiger partial charge in [-0.1, -0.05) is 48.2 Å². The minimum atomic E-state index is -0.309. The third-order valence-electron chi connectivity index (χ3n) is 5.74. The van der Waals surface area contributed by atoms with Gasteiger partial charge in [0, 0.05) is 35.5 Å². The molecule has 1 aliphatic heterocycles. The molecule has 2 aromatic heterocycles. The quantitative estimate of drug-likeness (QED) is 0.357. The van der Waals surface area contributed by atoms with Gasteiger partial charge in [0.15, 0.2) is 0 Å². The summed E-state index contributed by atoms with van der Waals surface area (Å²) in [7, 11) is 1.58. The second kappa shape index (κ2) is 11.2. The molecule has 0 radical (unpaired) electrons. The zero-order valence-electron chi connectivity index (χ0n) is 20.2. The molecule has 1 aliphatic rings. The van der Waals surface area contributed by atoms with E-state index in [0.717, 1.165) is 28.8 Å². The molecule has 1 saturated heterocycles. The number of aromatic nitrogens is 2. The van der Waals surface area contributed by atoms with Gasteiger partial charge in [-0.2, -0.15) is 5.06 Å². The van der Waals surface area contributed by atoms with Crippen molar-refractivity contribution in [1.29, 1.82) is 0 Å². The molecule has 5 rings (SSSR count). The Hall–Kier alpha value is -4.87. The van der Waals surface area contributed by atoms with Crippen LogP contribution in [0.25, 0.3) is 0 Å². The molecule has 8 nitrogen and oxygen atoms in total. The van der Waals surface area contributed by atoms with Gasteiger partial charge in [0.25, 0.3) is 0 Å². The lowest BCUT2D eigenvalue weighted by molar-refractivity contribution is -0.0829. The maximum atomic E-state index is 12.9. The summed E-state index contributed by atoms with van der Waals surface area (Å²) >= 11 is 0. The first-order chi connectivity index (χ1) is 18.2. The van der Waals surface area contributed by atoms with E-state index in [-0.39, 0.29) is 12.1 Å². The fourth-order valence-electron chi connectivity index (χ4n) is 3.91. The van der Waals surface area contributed by atoms with Gasteiger partial charge in [0.05, 0.1) is 31.6 Å².